The first-order valence-electron chi connectivity index (χ1n) is 6.93. The topological polar surface area (TPSA) is 62.3 Å². The van der Waals surface area contributed by atoms with E-state index in [0.717, 1.165) is 22.7 Å². The molecule has 0 fully saturated rings. The molecule has 0 atom stereocenters. The van der Waals surface area contributed by atoms with Gasteiger partial charge in [-0.25, -0.2) is 0 Å². The minimum atomic E-state index is -0.116. The molecule has 0 saturated heterocycles. The normalized spacial score (nSPS) is 11.5. The van der Waals surface area contributed by atoms with E-state index in [1.54, 1.807) is 18.9 Å². The van der Waals surface area contributed by atoms with Gasteiger partial charge >= 0.3 is 0 Å². The molecule has 1 heterocycles. The van der Waals surface area contributed by atoms with Gasteiger partial charge in [-0.3, -0.25) is 0 Å². The number of hydrogen-bond donors (Lipinski definition) is 1. The van der Waals surface area contributed by atoms with E-state index in [2.05, 4.69) is 20.8 Å². The van der Waals surface area contributed by atoms with Crippen LogP contribution in [0.4, 0.5) is 0 Å². The summed E-state index contributed by atoms with van der Waals surface area (Å²) in [6, 6.07) is 7.71. The SMILES string of the molecule is COc1ccccc1-n1nc(C(C)(C)C)c(CN)c1OC. The summed E-state index contributed by atoms with van der Waals surface area (Å²) in [6.45, 7) is 6.71. The van der Waals surface area contributed by atoms with Crippen LogP contribution < -0.4 is 15.2 Å². The van der Waals surface area contributed by atoms with Gasteiger partial charge in [-0.05, 0) is 12.1 Å². The number of para-hydroxylation sites is 2. The lowest BCUT2D eigenvalue weighted by atomic mass is 9.89. The van der Waals surface area contributed by atoms with Crippen molar-refractivity contribution in [1.29, 1.82) is 0 Å². The maximum atomic E-state index is 5.92. The van der Waals surface area contributed by atoms with E-state index < -0.39 is 0 Å². The van der Waals surface area contributed by atoms with Crippen molar-refractivity contribution in [2.75, 3.05) is 14.2 Å². The lowest BCUT2D eigenvalue weighted by Crippen LogP contribution is -2.16. The second-order valence-electron chi connectivity index (χ2n) is 5.87. The number of hydrogen-bond acceptors (Lipinski definition) is 4. The van der Waals surface area contributed by atoms with E-state index in [1.807, 2.05) is 24.3 Å². The van der Waals surface area contributed by atoms with Gasteiger partial charge in [0.15, 0.2) is 0 Å². The Hall–Kier alpha value is -2.01. The van der Waals surface area contributed by atoms with Crippen molar-refractivity contribution in [2.24, 2.45) is 5.73 Å². The zero-order valence-corrected chi connectivity index (χ0v) is 13.3. The smallest absolute Gasteiger partial charge is 0.221 e. The first-order chi connectivity index (χ1) is 9.93. The molecule has 0 amide bonds. The standard InChI is InChI=1S/C16H23N3O2/c1-16(2,3)14-11(10-17)15(21-5)19(18-14)12-8-6-7-9-13(12)20-4/h6-9H,10,17H2,1-5H3. The Morgan fingerprint density at radius 1 is 1.14 bits per heavy atom. The van der Waals surface area contributed by atoms with Gasteiger partial charge in [0.05, 0.1) is 25.5 Å². The Kier molecular flexibility index (Phi) is 4.23. The van der Waals surface area contributed by atoms with E-state index in [1.165, 1.54) is 0 Å². The third kappa shape index (κ3) is 2.74. The van der Waals surface area contributed by atoms with Crippen LogP contribution in [0.5, 0.6) is 11.6 Å². The van der Waals surface area contributed by atoms with Crippen molar-refractivity contribution in [3.05, 3.63) is 35.5 Å². The fourth-order valence-corrected chi connectivity index (χ4v) is 2.40. The Labute approximate surface area is 125 Å². The minimum absolute atomic E-state index is 0.116. The molecule has 0 aliphatic heterocycles. The largest absolute Gasteiger partial charge is 0.494 e. The van der Waals surface area contributed by atoms with Gasteiger partial charge in [-0.15, -0.1) is 0 Å². The number of ether oxygens (including phenoxy) is 2. The van der Waals surface area contributed by atoms with E-state index in [4.69, 9.17) is 20.3 Å². The maximum Gasteiger partial charge on any atom is 0.221 e. The van der Waals surface area contributed by atoms with Crippen LogP contribution in [0.3, 0.4) is 0 Å². The van der Waals surface area contributed by atoms with Crippen molar-refractivity contribution in [3.8, 4) is 17.3 Å². The molecule has 1 aromatic heterocycles. The Bertz CT molecular complexity index is 627. The van der Waals surface area contributed by atoms with Gasteiger partial charge in [-0.1, -0.05) is 32.9 Å². The third-order valence-electron chi connectivity index (χ3n) is 3.36. The van der Waals surface area contributed by atoms with E-state index in [-0.39, 0.29) is 5.41 Å². The quantitative estimate of drug-likeness (QED) is 0.940. The number of benzene rings is 1. The fraction of sp³-hybridized carbons (Fsp3) is 0.438. The molecule has 0 spiro atoms. The van der Waals surface area contributed by atoms with Gasteiger partial charge in [0, 0.05) is 12.0 Å². The molecular formula is C16H23N3O2. The highest BCUT2D eigenvalue weighted by atomic mass is 16.5. The van der Waals surface area contributed by atoms with Crippen molar-refractivity contribution in [1.82, 2.24) is 9.78 Å². The van der Waals surface area contributed by atoms with Gasteiger partial charge < -0.3 is 15.2 Å². The molecule has 0 radical (unpaired) electrons. The van der Waals surface area contributed by atoms with E-state index in [0.29, 0.717) is 12.4 Å². The molecule has 2 rings (SSSR count). The summed E-state index contributed by atoms with van der Waals surface area (Å²) in [7, 11) is 3.28. The van der Waals surface area contributed by atoms with Crippen molar-refractivity contribution in [2.45, 2.75) is 32.7 Å². The van der Waals surface area contributed by atoms with Gasteiger partial charge in [0.2, 0.25) is 5.88 Å². The van der Waals surface area contributed by atoms with Crippen molar-refractivity contribution >= 4 is 0 Å². The predicted molar refractivity (Wildman–Crippen MR) is 83.3 cm³/mol. The number of methoxy groups -OCH3 is 2. The molecule has 5 heteroatoms. The number of rotatable bonds is 4. The number of nitrogens with two attached hydrogens (primary N) is 1. The van der Waals surface area contributed by atoms with E-state index in [9.17, 15) is 0 Å². The minimum Gasteiger partial charge on any atom is -0.494 e. The number of aromatic nitrogens is 2. The molecule has 0 bridgehead atoms. The average molecular weight is 289 g/mol. The van der Waals surface area contributed by atoms with Crippen LogP contribution in [0.25, 0.3) is 5.69 Å². The van der Waals surface area contributed by atoms with Crippen LogP contribution in [0.15, 0.2) is 24.3 Å². The zero-order valence-electron chi connectivity index (χ0n) is 13.3. The first kappa shape index (κ1) is 15.4. The summed E-state index contributed by atoms with van der Waals surface area (Å²) < 4.78 is 12.7. The van der Waals surface area contributed by atoms with Crippen LogP contribution in [0.1, 0.15) is 32.0 Å². The van der Waals surface area contributed by atoms with Crippen LogP contribution in [-0.4, -0.2) is 24.0 Å². The highest BCUT2D eigenvalue weighted by molar-refractivity contribution is 5.51. The monoisotopic (exact) mass is 289 g/mol. The molecule has 2 aromatic rings. The Morgan fingerprint density at radius 3 is 2.33 bits per heavy atom. The molecule has 5 nitrogen and oxygen atoms in total. The molecule has 1 aromatic carbocycles. The molecule has 0 aliphatic carbocycles. The average Bonchev–Trinajstić information content (AvgIpc) is 2.85. The van der Waals surface area contributed by atoms with Crippen LogP contribution in [0, 0.1) is 0 Å². The second-order valence-corrected chi connectivity index (χ2v) is 5.87. The highest BCUT2D eigenvalue weighted by Gasteiger charge is 2.27. The molecule has 2 N–H and O–H groups in total. The third-order valence-corrected chi connectivity index (χ3v) is 3.36. The molecule has 21 heavy (non-hydrogen) atoms. The summed E-state index contributed by atoms with van der Waals surface area (Å²) in [4.78, 5) is 0. The Morgan fingerprint density at radius 2 is 1.81 bits per heavy atom. The van der Waals surface area contributed by atoms with Gasteiger partial charge in [0.1, 0.15) is 11.4 Å². The van der Waals surface area contributed by atoms with Crippen molar-refractivity contribution in [3.63, 3.8) is 0 Å². The van der Waals surface area contributed by atoms with Gasteiger partial charge in [-0.2, -0.15) is 9.78 Å². The van der Waals surface area contributed by atoms with Gasteiger partial charge in [0.25, 0.3) is 0 Å². The van der Waals surface area contributed by atoms with E-state index >= 15 is 0 Å². The molecule has 0 aliphatic rings. The molecule has 0 saturated carbocycles. The molecular weight excluding hydrogens is 266 g/mol. The zero-order chi connectivity index (χ0) is 15.6. The molecule has 0 unspecified atom stereocenters. The van der Waals surface area contributed by atoms with Crippen LogP contribution in [-0.2, 0) is 12.0 Å². The lowest BCUT2D eigenvalue weighted by Gasteiger charge is -2.16. The highest BCUT2D eigenvalue weighted by Crippen LogP contribution is 2.35. The molecule has 114 valence electrons. The number of nitrogens with zero attached hydrogens (tertiary/aromatic N) is 2. The van der Waals surface area contributed by atoms with Crippen LogP contribution in [0.2, 0.25) is 0 Å². The lowest BCUT2D eigenvalue weighted by molar-refractivity contribution is 0.373. The second kappa shape index (κ2) is 5.77. The summed E-state index contributed by atoms with van der Waals surface area (Å²) in [5.41, 5.74) is 8.51. The Balaban J connectivity index is 2.72. The van der Waals surface area contributed by atoms with Crippen molar-refractivity contribution < 1.29 is 9.47 Å². The van der Waals surface area contributed by atoms with Crippen LogP contribution >= 0.6 is 0 Å². The summed E-state index contributed by atoms with van der Waals surface area (Å²) in [5.74, 6) is 1.40. The summed E-state index contributed by atoms with van der Waals surface area (Å²) in [6.07, 6.45) is 0. The first-order valence-corrected chi connectivity index (χ1v) is 6.93. The predicted octanol–water partition coefficient (Wildman–Crippen LogP) is 2.65. The maximum absolute atomic E-state index is 5.92. The fourth-order valence-electron chi connectivity index (χ4n) is 2.40. The summed E-state index contributed by atoms with van der Waals surface area (Å²) >= 11 is 0. The summed E-state index contributed by atoms with van der Waals surface area (Å²) in [5, 5.41) is 4.73.